The molecule has 0 bridgehead atoms. The molecule has 3 nitrogen and oxygen atoms in total. The van der Waals surface area contributed by atoms with E-state index in [-0.39, 0.29) is 0 Å². The van der Waals surface area contributed by atoms with Crippen molar-refractivity contribution in [2.45, 2.75) is 0 Å². The fourth-order valence-electron chi connectivity index (χ4n) is 1.38. The van der Waals surface area contributed by atoms with Crippen LogP contribution in [0.5, 0.6) is 0 Å². The summed E-state index contributed by atoms with van der Waals surface area (Å²) in [6.45, 7) is 0. The van der Waals surface area contributed by atoms with Gasteiger partial charge in [0.15, 0.2) is 0 Å². The Morgan fingerprint density at radius 2 is 2.06 bits per heavy atom. The number of primary amides is 1. The summed E-state index contributed by atoms with van der Waals surface area (Å²) < 4.78 is 0. The zero-order chi connectivity index (χ0) is 11.7. The lowest BCUT2D eigenvalue weighted by molar-refractivity contribution is 0.100. The molecule has 16 heavy (non-hydrogen) atoms. The fraction of sp³-hybridized carbons (Fsp3) is 0. The Balaban J connectivity index is 2.49. The van der Waals surface area contributed by atoms with E-state index in [9.17, 15) is 4.79 Å². The van der Waals surface area contributed by atoms with Gasteiger partial charge in [0, 0.05) is 9.90 Å². The highest BCUT2D eigenvalue weighted by Crippen LogP contribution is 2.34. The molecule has 0 radical (unpaired) electrons. The summed E-state index contributed by atoms with van der Waals surface area (Å²) in [5.74, 6) is -0.512. The van der Waals surface area contributed by atoms with Crippen molar-refractivity contribution < 1.29 is 4.79 Å². The van der Waals surface area contributed by atoms with Gasteiger partial charge in [0.2, 0.25) is 0 Å². The first-order valence-corrected chi connectivity index (χ1v) is 5.72. The maximum Gasteiger partial charge on any atom is 0.251 e. The van der Waals surface area contributed by atoms with Crippen LogP contribution in [0.25, 0.3) is 10.4 Å². The van der Waals surface area contributed by atoms with E-state index in [1.807, 2.05) is 18.2 Å². The predicted octanol–water partition coefficient (Wildman–Crippen LogP) is 2.75. The van der Waals surface area contributed by atoms with Crippen molar-refractivity contribution in [3.63, 3.8) is 0 Å². The molecule has 5 heteroatoms. The molecule has 4 N–H and O–H groups in total. The Labute approximate surface area is 102 Å². The summed E-state index contributed by atoms with van der Waals surface area (Å²) in [4.78, 5) is 11.9. The van der Waals surface area contributed by atoms with Crippen molar-refractivity contribution in [1.29, 1.82) is 0 Å². The number of anilines is 1. The third-order valence-corrected chi connectivity index (χ3v) is 3.38. The number of hydrogen-bond acceptors (Lipinski definition) is 3. The van der Waals surface area contributed by atoms with Gasteiger partial charge in [0.05, 0.1) is 10.6 Å². The van der Waals surface area contributed by atoms with E-state index in [4.69, 9.17) is 23.1 Å². The minimum absolute atomic E-state index is 0.361. The van der Waals surface area contributed by atoms with E-state index < -0.39 is 5.91 Å². The van der Waals surface area contributed by atoms with Gasteiger partial charge in [-0.1, -0.05) is 23.7 Å². The summed E-state index contributed by atoms with van der Waals surface area (Å²) in [6, 6.07) is 9.04. The van der Waals surface area contributed by atoms with Crippen molar-refractivity contribution in [2.75, 3.05) is 5.73 Å². The molecule has 0 saturated carbocycles. The van der Waals surface area contributed by atoms with Crippen molar-refractivity contribution >= 4 is 33.8 Å². The molecule has 0 aliphatic heterocycles. The van der Waals surface area contributed by atoms with E-state index in [0.29, 0.717) is 15.6 Å². The molecule has 1 aromatic carbocycles. The van der Waals surface area contributed by atoms with Crippen LogP contribution in [-0.4, -0.2) is 5.91 Å². The number of halogens is 1. The smallest absolute Gasteiger partial charge is 0.251 e. The molecule has 0 fully saturated rings. The maximum atomic E-state index is 11.1. The maximum absolute atomic E-state index is 11.1. The lowest BCUT2D eigenvalue weighted by atomic mass is 10.1. The monoisotopic (exact) mass is 252 g/mol. The first-order chi connectivity index (χ1) is 7.58. The van der Waals surface area contributed by atoms with Gasteiger partial charge in [-0.05, 0) is 23.8 Å². The number of carbonyl (C=O) groups excluding carboxylic acids is 1. The van der Waals surface area contributed by atoms with Crippen LogP contribution in [0.2, 0.25) is 5.02 Å². The third kappa shape index (κ3) is 2.03. The highest BCUT2D eigenvalue weighted by molar-refractivity contribution is 7.19. The van der Waals surface area contributed by atoms with Crippen LogP contribution in [0, 0.1) is 0 Å². The Morgan fingerprint density at radius 1 is 1.31 bits per heavy atom. The van der Waals surface area contributed by atoms with Crippen molar-refractivity contribution in [1.82, 2.24) is 0 Å². The summed E-state index contributed by atoms with van der Waals surface area (Å²) in [5, 5.41) is 1.08. The quantitative estimate of drug-likeness (QED) is 0.863. The summed E-state index contributed by atoms with van der Waals surface area (Å²) >= 11 is 7.21. The second-order valence-electron chi connectivity index (χ2n) is 3.26. The first-order valence-electron chi connectivity index (χ1n) is 4.53. The Bertz CT molecular complexity index is 551. The molecule has 0 saturated heterocycles. The summed E-state index contributed by atoms with van der Waals surface area (Å²) in [5.41, 5.74) is 12.2. The standard InChI is InChI=1S/C11H9ClN2OS/c12-7-3-1-2-6(4-7)9-5-8(10(13)15)11(14)16-9/h1-5H,14H2,(H2,13,15). The third-order valence-electron chi connectivity index (χ3n) is 2.14. The minimum Gasteiger partial charge on any atom is -0.390 e. The van der Waals surface area contributed by atoms with Gasteiger partial charge < -0.3 is 11.5 Å². The largest absolute Gasteiger partial charge is 0.390 e. The molecular formula is C11H9ClN2OS. The van der Waals surface area contributed by atoms with Gasteiger partial charge in [0.1, 0.15) is 0 Å². The van der Waals surface area contributed by atoms with E-state index in [2.05, 4.69) is 0 Å². The molecule has 1 aromatic heterocycles. The normalized spacial score (nSPS) is 10.3. The Hall–Kier alpha value is -1.52. The van der Waals surface area contributed by atoms with Crippen LogP contribution in [0.3, 0.4) is 0 Å². The first kappa shape index (κ1) is 11.0. The van der Waals surface area contributed by atoms with Crippen LogP contribution in [-0.2, 0) is 0 Å². The van der Waals surface area contributed by atoms with E-state index in [1.54, 1.807) is 12.1 Å². The van der Waals surface area contributed by atoms with Crippen molar-refractivity contribution in [2.24, 2.45) is 5.73 Å². The van der Waals surface area contributed by atoms with Gasteiger partial charge in [-0.3, -0.25) is 4.79 Å². The van der Waals surface area contributed by atoms with Crippen LogP contribution in [0.1, 0.15) is 10.4 Å². The molecule has 1 amide bonds. The molecular weight excluding hydrogens is 244 g/mol. The Kier molecular flexibility index (Phi) is 2.85. The highest BCUT2D eigenvalue weighted by Gasteiger charge is 2.12. The van der Waals surface area contributed by atoms with Crippen LogP contribution in [0.4, 0.5) is 5.00 Å². The van der Waals surface area contributed by atoms with Gasteiger partial charge in [-0.2, -0.15) is 0 Å². The van der Waals surface area contributed by atoms with Crippen molar-refractivity contribution in [3.05, 3.63) is 40.9 Å². The molecule has 0 unspecified atom stereocenters. The fourth-order valence-corrected chi connectivity index (χ4v) is 2.50. The number of nitrogens with two attached hydrogens (primary N) is 2. The predicted molar refractivity (Wildman–Crippen MR) is 67.7 cm³/mol. The van der Waals surface area contributed by atoms with E-state index in [0.717, 1.165) is 10.4 Å². The van der Waals surface area contributed by atoms with Crippen LogP contribution < -0.4 is 11.5 Å². The number of benzene rings is 1. The van der Waals surface area contributed by atoms with Crippen molar-refractivity contribution in [3.8, 4) is 10.4 Å². The van der Waals surface area contributed by atoms with Gasteiger partial charge in [0.25, 0.3) is 5.91 Å². The molecule has 2 rings (SSSR count). The Morgan fingerprint density at radius 3 is 2.62 bits per heavy atom. The zero-order valence-electron chi connectivity index (χ0n) is 8.24. The SMILES string of the molecule is NC(=O)c1cc(-c2cccc(Cl)c2)sc1N. The molecule has 0 atom stereocenters. The second kappa shape index (κ2) is 4.15. The van der Waals surface area contributed by atoms with Gasteiger partial charge in [-0.15, -0.1) is 11.3 Å². The van der Waals surface area contributed by atoms with E-state index in [1.165, 1.54) is 11.3 Å². The van der Waals surface area contributed by atoms with Gasteiger partial charge in [-0.25, -0.2) is 0 Å². The number of thiophene rings is 1. The molecule has 1 heterocycles. The average molecular weight is 253 g/mol. The molecule has 0 spiro atoms. The lowest BCUT2D eigenvalue weighted by Gasteiger charge is -1.96. The van der Waals surface area contributed by atoms with Gasteiger partial charge >= 0.3 is 0 Å². The number of amides is 1. The zero-order valence-corrected chi connectivity index (χ0v) is 9.81. The minimum atomic E-state index is -0.512. The lowest BCUT2D eigenvalue weighted by Crippen LogP contribution is -2.11. The van der Waals surface area contributed by atoms with Crippen LogP contribution in [0.15, 0.2) is 30.3 Å². The highest BCUT2D eigenvalue weighted by atomic mass is 35.5. The topological polar surface area (TPSA) is 69.1 Å². The number of nitrogen functional groups attached to an aromatic ring is 1. The average Bonchev–Trinajstić information content (AvgIpc) is 2.60. The number of carbonyl (C=O) groups is 1. The second-order valence-corrected chi connectivity index (χ2v) is 4.78. The van der Waals surface area contributed by atoms with E-state index >= 15 is 0 Å². The number of hydrogen-bond donors (Lipinski definition) is 2. The summed E-state index contributed by atoms with van der Waals surface area (Å²) in [6.07, 6.45) is 0. The molecule has 2 aromatic rings. The molecule has 0 aliphatic rings. The molecule has 82 valence electrons. The van der Waals surface area contributed by atoms with Crippen LogP contribution >= 0.6 is 22.9 Å². The molecule has 0 aliphatic carbocycles. The summed E-state index contributed by atoms with van der Waals surface area (Å²) in [7, 11) is 0. The number of rotatable bonds is 2.